The maximum Gasteiger partial charge on any atom is 0.264 e. The average Bonchev–Trinajstić information content (AvgIpc) is 3.25. The maximum atomic E-state index is 13.6. The van der Waals surface area contributed by atoms with Crippen molar-refractivity contribution in [2.24, 2.45) is 0 Å². The Morgan fingerprint density at radius 3 is 2.71 bits per heavy atom. The highest BCUT2D eigenvalue weighted by molar-refractivity contribution is 6.03. The molecule has 10 nitrogen and oxygen atoms in total. The maximum absolute atomic E-state index is 13.6. The average molecular weight is 477 g/mol. The number of anilines is 1. The third-order valence-electron chi connectivity index (χ3n) is 6.84. The third kappa shape index (κ3) is 4.02. The highest BCUT2D eigenvalue weighted by Gasteiger charge is 2.32. The summed E-state index contributed by atoms with van der Waals surface area (Å²) in [6.07, 6.45) is 4.83. The van der Waals surface area contributed by atoms with Crippen LogP contribution in [0.4, 0.5) is 5.69 Å². The van der Waals surface area contributed by atoms with Gasteiger partial charge in [-0.3, -0.25) is 33.7 Å². The number of rotatable bonds is 4. The molecule has 1 saturated heterocycles. The predicted molar refractivity (Wildman–Crippen MR) is 129 cm³/mol. The van der Waals surface area contributed by atoms with Crippen LogP contribution >= 0.6 is 0 Å². The van der Waals surface area contributed by atoms with Gasteiger partial charge in [0.1, 0.15) is 11.9 Å². The second-order valence-corrected chi connectivity index (χ2v) is 9.55. The second-order valence-electron chi connectivity index (χ2n) is 9.55. The molecule has 2 N–H and O–H groups in total. The fourth-order valence-corrected chi connectivity index (χ4v) is 5.06. The molecule has 182 valence electrons. The summed E-state index contributed by atoms with van der Waals surface area (Å²) >= 11 is 0. The Bertz CT molecular complexity index is 1420. The van der Waals surface area contributed by atoms with Crippen molar-refractivity contribution >= 4 is 34.3 Å². The number of hydrogen-bond acceptors (Lipinski definition) is 6. The molecular weight excluding hydrogens is 448 g/mol. The Morgan fingerprint density at radius 1 is 1.17 bits per heavy atom. The van der Waals surface area contributed by atoms with Gasteiger partial charge < -0.3 is 5.32 Å². The molecule has 1 aliphatic heterocycles. The molecule has 1 aliphatic carbocycles. The van der Waals surface area contributed by atoms with Crippen LogP contribution < -0.4 is 16.2 Å². The largest absolute Gasteiger partial charge is 0.325 e. The van der Waals surface area contributed by atoms with Crippen LogP contribution in [0, 0.1) is 6.92 Å². The van der Waals surface area contributed by atoms with Gasteiger partial charge in [-0.25, -0.2) is 4.98 Å². The number of piperidine rings is 1. The summed E-state index contributed by atoms with van der Waals surface area (Å²) in [6.45, 7) is 5.75. The molecule has 3 amide bonds. The lowest BCUT2D eigenvalue weighted by Gasteiger charge is -2.25. The molecule has 1 aromatic carbocycles. The summed E-state index contributed by atoms with van der Waals surface area (Å²) in [5.74, 6) is -1.14. The van der Waals surface area contributed by atoms with Gasteiger partial charge in [-0.2, -0.15) is 5.10 Å². The number of benzene rings is 1. The van der Waals surface area contributed by atoms with Crippen molar-refractivity contribution in [1.82, 2.24) is 24.6 Å². The Kier molecular flexibility index (Phi) is 5.74. The molecule has 0 spiro atoms. The van der Waals surface area contributed by atoms with Crippen LogP contribution in [0.2, 0.25) is 0 Å². The molecule has 2 aliphatic rings. The van der Waals surface area contributed by atoms with Crippen molar-refractivity contribution in [1.29, 1.82) is 0 Å². The van der Waals surface area contributed by atoms with Crippen LogP contribution in [0.25, 0.3) is 10.9 Å². The van der Waals surface area contributed by atoms with E-state index in [1.54, 1.807) is 25.1 Å². The number of amides is 3. The number of aromatic nitrogens is 4. The number of carbonyl (C=O) groups is 3. The van der Waals surface area contributed by atoms with E-state index in [1.807, 2.05) is 24.7 Å². The molecule has 1 fully saturated rings. The van der Waals surface area contributed by atoms with Crippen LogP contribution in [0.15, 0.2) is 29.2 Å². The smallest absolute Gasteiger partial charge is 0.264 e. The summed E-state index contributed by atoms with van der Waals surface area (Å²) in [4.78, 5) is 55.7. The van der Waals surface area contributed by atoms with Gasteiger partial charge in [-0.15, -0.1) is 0 Å². The number of hydrogen-bond donors (Lipinski definition) is 2. The molecule has 2 unspecified atom stereocenters. The zero-order valence-electron chi connectivity index (χ0n) is 20.0. The fraction of sp³-hybridized carbons (Fsp3) is 0.440. The normalized spacial score (nSPS) is 20.1. The number of fused-ring (bicyclic) bond motifs is 2. The van der Waals surface area contributed by atoms with Crippen LogP contribution in [-0.2, 0) is 20.8 Å². The van der Waals surface area contributed by atoms with Gasteiger partial charge in [0.05, 0.1) is 28.2 Å². The molecule has 3 aromatic rings. The Labute approximate surface area is 201 Å². The van der Waals surface area contributed by atoms with Gasteiger partial charge in [0.25, 0.3) is 5.56 Å². The molecule has 2 atom stereocenters. The summed E-state index contributed by atoms with van der Waals surface area (Å²) in [7, 11) is 0. The van der Waals surface area contributed by atoms with E-state index >= 15 is 0 Å². The number of nitrogens with one attached hydrogen (secondary N) is 2. The summed E-state index contributed by atoms with van der Waals surface area (Å²) in [5, 5.41) is 10.2. The first kappa shape index (κ1) is 22.9. The van der Waals surface area contributed by atoms with E-state index in [0.29, 0.717) is 23.4 Å². The number of aryl methyl sites for hydroxylation is 2. The van der Waals surface area contributed by atoms with Crippen LogP contribution in [0.3, 0.4) is 0 Å². The van der Waals surface area contributed by atoms with E-state index in [4.69, 9.17) is 0 Å². The van der Waals surface area contributed by atoms with E-state index in [0.717, 1.165) is 24.1 Å². The summed E-state index contributed by atoms with van der Waals surface area (Å²) in [5.41, 5.74) is 2.23. The highest BCUT2D eigenvalue weighted by atomic mass is 16.2. The number of nitrogens with zero attached hydrogens (tertiary/aromatic N) is 4. The van der Waals surface area contributed by atoms with Gasteiger partial charge in [0.2, 0.25) is 17.7 Å². The molecular formula is C25H28N6O4. The zero-order valence-corrected chi connectivity index (χ0v) is 20.0. The Hall–Kier alpha value is -3.82. The quantitative estimate of drug-likeness (QED) is 0.557. The molecule has 0 saturated carbocycles. The van der Waals surface area contributed by atoms with Crippen LogP contribution in [0.5, 0.6) is 0 Å². The minimum atomic E-state index is -0.832. The lowest BCUT2D eigenvalue weighted by molar-refractivity contribution is -0.135. The third-order valence-corrected chi connectivity index (χ3v) is 6.84. The lowest BCUT2D eigenvalue weighted by atomic mass is 9.87. The van der Waals surface area contributed by atoms with Gasteiger partial charge in [-0.1, -0.05) is 6.07 Å². The summed E-state index contributed by atoms with van der Waals surface area (Å²) < 4.78 is 3.21. The SMILES string of the molecule is Cc1nc2cccc(NC(=O)C3CCCc4cn(C(C)C)nc43)c2c(=O)n1C1CCC(=O)NC1=O. The molecule has 3 heterocycles. The minimum Gasteiger partial charge on any atom is -0.325 e. The first-order valence-electron chi connectivity index (χ1n) is 12.0. The first-order chi connectivity index (χ1) is 16.7. The van der Waals surface area contributed by atoms with E-state index in [9.17, 15) is 19.2 Å². The van der Waals surface area contributed by atoms with Gasteiger partial charge in [0.15, 0.2) is 0 Å². The Morgan fingerprint density at radius 2 is 1.97 bits per heavy atom. The van der Waals surface area contributed by atoms with E-state index < -0.39 is 23.4 Å². The standard InChI is InChI=1S/C25H28N6O4/c1-13(2)30-12-15-6-4-7-16(22(15)29-30)23(33)27-18-9-5-8-17-21(18)25(35)31(14(3)26-17)19-10-11-20(32)28-24(19)34/h5,8-9,12-13,16,19H,4,6-7,10-11H2,1-3H3,(H,27,33)(H,28,32,34). The second kappa shape index (κ2) is 8.75. The molecule has 5 rings (SSSR count). The predicted octanol–water partition coefficient (Wildman–Crippen LogP) is 2.52. The monoisotopic (exact) mass is 476 g/mol. The highest BCUT2D eigenvalue weighted by Crippen LogP contribution is 2.33. The van der Waals surface area contributed by atoms with Crippen molar-refractivity contribution in [3.8, 4) is 0 Å². The van der Waals surface area contributed by atoms with Gasteiger partial charge in [0, 0.05) is 18.7 Å². The number of imide groups is 1. The van der Waals surface area contributed by atoms with Crippen molar-refractivity contribution in [2.75, 3.05) is 5.32 Å². The lowest BCUT2D eigenvalue weighted by Crippen LogP contribution is -2.45. The molecule has 35 heavy (non-hydrogen) atoms. The van der Waals surface area contributed by atoms with E-state index in [1.165, 1.54) is 4.57 Å². The van der Waals surface area contributed by atoms with E-state index in [-0.39, 0.29) is 36.1 Å². The van der Waals surface area contributed by atoms with Crippen molar-refractivity contribution in [3.63, 3.8) is 0 Å². The van der Waals surface area contributed by atoms with Crippen molar-refractivity contribution in [2.45, 2.75) is 70.9 Å². The molecule has 0 bridgehead atoms. The van der Waals surface area contributed by atoms with Crippen LogP contribution in [-0.4, -0.2) is 37.1 Å². The fourth-order valence-electron chi connectivity index (χ4n) is 5.06. The molecule has 0 radical (unpaired) electrons. The van der Waals surface area contributed by atoms with Crippen molar-refractivity contribution in [3.05, 3.63) is 51.8 Å². The topological polar surface area (TPSA) is 128 Å². The molecule has 10 heteroatoms. The van der Waals surface area contributed by atoms with Crippen molar-refractivity contribution < 1.29 is 14.4 Å². The summed E-state index contributed by atoms with van der Waals surface area (Å²) in [6, 6.07) is 4.48. The van der Waals surface area contributed by atoms with Gasteiger partial charge in [-0.05, 0) is 64.2 Å². The molecule has 2 aromatic heterocycles. The van der Waals surface area contributed by atoms with Crippen LogP contribution in [0.1, 0.15) is 74.6 Å². The zero-order chi connectivity index (χ0) is 24.9. The Balaban J connectivity index is 1.52. The van der Waals surface area contributed by atoms with E-state index in [2.05, 4.69) is 20.7 Å². The van der Waals surface area contributed by atoms with Gasteiger partial charge >= 0.3 is 0 Å². The minimum absolute atomic E-state index is 0.145. The first-order valence-corrected chi connectivity index (χ1v) is 12.0. The number of carbonyl (C=O) groups excluding carboxylic acids is 3.